The number of nitrogens with zero attached hydrogens (tertiary/aromatic N) is 2. The number of carbonyl (C=O) groups excluding carboxylic acids is 2. The first kappa shape index (κ1) is 28.4. The SMILES string of the molecule is CCNC(=O)[C@@H](C)N(Cc1ccccc1F)C(=O)CN(c1ccc(Cl)c(C(F)(F)F)c1)S(C)(=O)=O. The maximum absolute atomic E-state index is 14.3. The highest BCUT2D eigenvalue weighted by Gasteiger charge is 2.35. The third-order valence-electron chi connectivity index (χ3n) is 5.04. The molecule has 0 spiro atoms. The summed E-state index contributed by atoms with van der Waals surface area (Å²) in [6.45, 7) is 1.95. The number of anilines is 1. The number of sulfonamides is 1. The molecule has 2 amide bonds. The van der Waals surface area contributed by atoms with Gasteiger partial charge in [-0.1, -0.05) is 29.8 Å². The standard InChI is InChI=1S/C22H24ClF4N3O4S/c1-4-28-21(32)14(2)29(12-15-7-5-6-8-19(15)24)20(31)13-30(35(3,33)34)16-9-10-18(23)17(11-16)22(25,26)27/h5-11,14H,4,12-13H2,1-3H3,(H,28,32)/t14-/m1/s1. The van der Waals surface area contributed by atoms with Crippen molar-refractivity contribution in [2.24, 2.45) is 0 Å². The van der Waals surface area contributed by atoms with E-state index in [4.69, 9.17) is 11.6 Å². The van der Waals surface area contributed by atoms with Crippen molar-refractivity contribution in [1.82, 2.24) is 10.2 Å². The van der Waals surface area contributed by atoms with Crippen LogP contribution in [-0.4, -0.2) is 50.5 Å². The number of rotatable bonds is 9. The van der Waals surface area contributed by atoms with E-state index in [-0.39, 0.29) is 18.7 Å². The van der Waals surface area contributed by atoms with E-state index in [1.807, 2.05) is 0 Å². The van der Waals surface area contributed by atoms with E-state index in [2.05, 4.69) is 5.32 Å². The molecule has 0 radical (unpaired) electrons. The molecular weight excluding hydrogens is 514 g/mol. The van der Waals surface area contributed by atoms with Crippen molar-refractivity contribution in [2.75, 3.05) is 23.7 Å². The average Bonchev–Trinajstić information content (AvgIpc) is 2.75. The van der Waals surface area contributed by atoms with Gasteiger partial charge in [0, 0.05) is 18.7 Å². The van der Waals surface area contributed by atoms with E-state index in [0.717, 1.165) is 29.4 Å². The van der Waals surface area contributed by atoms with Crippen LogP contribution in [0.25, 0.3) is 0 Å². The van der Waals surface area contributed by atoms with Crippen molar-refractivity contribution >= 4 is 39.1 Å². The predicted octanol–water partition coefficient (Wildman–Crippen LogP) is 3.82. The molecule has 13 heteroatoms. The smallest absolute Gasteiger partial charge is 0.355 e. The second kappa shape index (κ2) is 11.3. The minimum absolute atomic E-state index is 0.0637. The van der Waals surface area contributed by atoms with Crippen LogP contribution in [0.15, 0.2) is 42.5 Å². The summed E-state index contributed by atoms with van der Waals surface area (Å²) in [6, 6.07) is 6.78. The Morgan fingerprint density at radius 3 is 2.31 bits per heavy atom. The number of amides is 2. The number of nitrogens with one attached hydrogen (secondary N) is 1. The Kier molecular flexibility index (Phi) is 9.12. The van der Waals surface area contributed by atoms with Gasteiger partial charge in [-0.3, -0.25) is 13.9 Å². The summed E-state index contributed by atoms with van der Waals surface area (Å²) < 4.78 is 79.6. The summed E-state index contributed by atoms with van der Waals surface area (Å²) >= 11 is 5.62. The highest BCUT2D eigenvalue weighted by molar-refractivity contribution is 7.92. The van der Waals surface area contributed by atoms with Crippen LogP contribution in [0.2, 0.25) is 5.02 Å². The van der Waals surface area contributed by atoms with Gasteiger partial charge in [0.1, 0.15) is 18.4 Å². The van der Waals surface area contributed by atoms with Gasteiger partial charge in [0.2, 0.25) is 21.8 Å². The minimum Gasteiger partial charge on any atom is -0.355 e. The van der Waals surface area contributed by atoms with Crippen molar-refractivity contribution in [3.05, 3.63) is 64.4 Å². The molecule has 1 N–H and O–H groups in total. The molecule has 0 saturated carbocycles. The van der Waals surface area contributed by atoms with Gasteiger partial charge in [-0.2, -0.15) is 13.2 Å². The number of halogens is 5. The first-order valence-electron chi connectivity index (χ1n) is 10.3. The van der Waals surface area contributed by atoms with Crippen LogP contribution in [0.4, 0.5) is 23.2 Å². The van der Waals surface area contributed by atoms with E-state index < -0.39 is 62.7 Å². The Bertz CT molecular complexity index is 1190. The fourth-order valence-corrected chi connectivity index (χ4v) is 4.28. The largest absolute Gasteiger partial charge is 0.417 e. The Morgan fingerprint density at radius 1 is 1.14 bits per heavy atom. The zero-order chi connectivity index (χ0) is 26.6. The Balaban J connectivity index is 2.49. The lowest BCUT2D eigenvalue weighted by atomic mass is 10.1. The maximum atomic E-state index is 14.3. The summed E-state index contributed by atoms with van der Waals surface area (Å²) in [6.07, 6.45) is -4.15. The van der Waals surface area contributed by atoms with E-state index in [9.17, 15) is 35.6 Å². The van der Waals surface area contributed by atoms with Crippen molar-refractivity contribution in [3.63, 3.8) is 0 Å². The van der Waals surface area contributed by atoms with Gasteiger partial charge in [-0.15, -0.1) is 0 Å². The van der Waals surface area contributed by atoms with Crippen LogP contribution < -0.4 is 9.62 Å². The van der Waals surface area contributed by atoms with Gasteiger partial charge >= 0.3 is 6.18 Å². The molecule has 0 aromatic heterocycles. The van der Waals surface area contributed by atoms with E-state index in [1.54, 1.807) is 6.92 Å². The molecule has 0 fully saturated rings. The number of hydrogen-bond donors (Lipinski definition) is 1. The fourth-order valence-electron chi connectivity index (χ4n) is 3.21. The summed E-state index contributed by atoms with van der Waals surface area (Å²) in [7, 11) is -4.26. The molecule has 0 aliphatic heterocycles. The molecule has 0 saturated heterocycles. The highest BCUT2D eigenvalue weighted by atomic mass is 35.5. The zero-order valence-corrected chi connectivity index (χ0v) is 20.6. The van der Waals surface area contributed by atoms with Crippen LogP contribution in [0.3, 0.4) is 0 Å². The third kappa shape index (κ3) is 7.31. The topological polar surface area (TPSA) is 86.8 Å². The molecule has 192 valence electrons. The highest BCUT2D eigenvalue weighted by Crippen LogP contribution is 2.37. The number of carbonyl (C=O) groups is 2. The van der Waals surface area contributed by atoms with E-state index >= 15 is 0 Å². The van der Waals surface area contributed by atoms with E-state index in [1.165, 1.54) is 25.1 Å². The second-order valence-electron chi connectivity index (χ2n) is 7.62. The van der Waals surface area contributed by atoms with Crippen molar-refractivity contribution in [1.29, 1.82) is 0 Å². The van der Waals surface area contributed by atoms with Crippen LogP contribution in [0.5, 0.6) is 0 Å². The number of likely N-dealkylation sites (N-methyl/N-ethyl adjacent to an activating group) is 1. The van der Waals surface area contributed by atoms with Gasteiger partial charge in [-0.25, -0.2) is 12.8 Å². The van der Waals surface area contributed by atoms with Crippen LogP contribution in [0.1, 0.15) is 25.0 Å². The average molecular weight is 538 g/mol. The molecule has 2 rings (SSSR count). The van der Waals surface area contributed by atoms with Gasteiger partial charge in [0.25, 0.3) is 0 Å². The molecule has 2 aromatic rings. The first-order valence-corrected chi connectivity index (χ1v) is 12.5. The molecule has 35 heavy (non-hydrogen) atoms. The third-order valence-corrected chi connectivity index (χ3v) is 6.51. The molecule has 0 bridgehead atoms. The van der Waals surface area contributed by atoms with Crippen LogP contribution in [-0.2, 0) is 32.3 Å². The molecule has 0 unspecified atom stereocenters. The van der Waals surface area contributed by atoms with Gasteiger partial charge < -0.3 is 10.2 Å². The summed E-state index contributed by atoms with van der Waals surface area (Å²) in [4.78, 5) is 26.7. The number of benzene rings is 2. The van der Waals surface area contributed by atoms with Gasteiger partial charge in [-0.05, 0) is 38.1 Å². The molecule has 0 heterocycles. The summed E-state index contributed by atoms with van der Waals surface area (Å²) in [5.41, 5.74) is -1.67. The zero-order valence-electron chi connectivity index (χ0n) is 19.1. The predicted molar refractivity (Wildman–Crippen MR) is 124 cm³/mol. The Labute approximate surface area is 205 Å². The van der Waals surface area contributed by atoms with Crippen LogP contribution >= 0.6 is 11.6 Å². The monoisotopic (exact) mass is 537 g/mol. The number of hydrogen-bond acceptors (Lipinski definition) is 4. The van der Waals surface area contributed by atoms with E-state index in [0.29, 0.717) is 10.4 Å². The first-order chi connectivity index (χ1) is 16.2. The molecule has 7 nitrogen and oxygen atoms in total. The van der Waals surface area contributed by atoms with Crippen molar-refractivity contribution in [3.8, 4) is 0 Å². The van der Waals surface area contributed by atoms with Crippen LogP contribution in [0, 0.1) is 5.82 Å². The molecule has 0 aliphatic rings. The molecule has 1 atom stereocenters. The lowest BCUT2D eigenvalue weighted by Gasteiger charge is -2.31. The molecule has 0 aliphatic carbocycles. The van der Waals surface area contributed by atoms with Crippen molar-refractivity contribution in [2.45, 2.75) is 32.6 Å². The Morgan fingerprint density at radius 2 is 1.77 bits per heavy atom. The molecule has 2 aromatic carbocycles. The fraction of sp³-hybridized carbons (Fsp3) is 0.364. The van der Waals surface area contributed by atoms with Gasteiger partial charge in [0.05, 0.1) is 22.5 Å². The Hall–Kier alpha value is -2.86. The van der Waals surface area contributed by atoms with Crippen molar-refractivity contribution < 1.29 is 35.6 Å². The molecular formula is C22H24ClF4N3O4S. The summed E-state index contributed by atoms with van der Waals surface area (Å²) in [5, 5.41) is 1.88. The lowest BCUT2D eigenvalue weighted by Crippen LogP contribution is -2.51. The minimum atomic E-state index is -4.87. The number of alkyl halides is 3. The summed E-state index contributed by atoms with van der Waals surface area (Å²) in [5.74, 6) is -2.16. The second-order valence-corrected chi connectivity index (χ2v) is 9.93. The van der Waals surface area contributed by atoms with Gasteiger partial charge in [0.15, 0.2) is 0 Å². The normalized spacial score (nSPS) is 12.7. The maximum Gasteiger partial charge on any atom is 0.417 e. The lowest BCUT2D eigenvalue weighted by molar-refractivity contribution is -0.139. The quantitative estimate of drug-likeness (QED) is 0.493.